The largest absolute Gasteiger partial charge is 0.507 e. The molecule has 0 aliphatic carbocycles. The van der Waals surface area contributed by atoms with Crippen LogP contribution in [0.4, 0.5) is 0 Å². The highest BCUT2D eigenvalue weighted by Gasteiger charge is 2.10. The fourth-order valence-electron chi connectivity index (χ4n) is 1.33. The van der Waals surface area contributed by atoms with Crippen LogP contribution in [0.5, 0.6) is 5.75 Å². The molecule has 98 valence electrons. The van der Waals surface area contributed by atoms with Gasteiger partial charge in [-0.25, -0.2) is 4.79 Å². The number of carboxylic acid groups (broad SMARTS) is 1. The lowest BCUT2D eigenvalue weighted by molar-refractivity contribution is -0.142. The van der Waals surface area contributed by atoms with E-state index in [4.69, 9.17) is 9.84 Å². The lowest BCUT2D eigenvalue weighted by atomic mass is 10.1. The normalized spacial score (nSPS) is 10.1. The second kappa shape index (κ2) is 6.61. The van der Waals surface area contributed by atoms with Gasteiger partial charge in [0.2, 0.25) is 0 Å². The first-order chi connectivity index (χ1) is 8.50. The number of benzene rings is 1. The van der Waals surface area contributed by atoms with Gasteiger partial charge in [-0.2, -0.15) is 0 Å². The van der Waals surface area contributed by atoms with Gasteiger partial charge in [-0.15, -0.1) is 0 Å². The zero-order chi connectivity index (χ0) is 13.5. The molecule has 0 unspecified atom stereocenters. The van der Waals surface area contributed by atoms with Gasteiger partial charge < -0.3 is 20.3 Å². The number of aliphatic carboxylic acids is 1. The summed E-state index contributed by atoms with van der Waals surface area (Å²) in [5, 5.41) is 20.4. The molecule has 3 N–H and O–H groups in total. The Morgan fingerprint density at radius 2 is 2.11 bits per heavy atom. The first-order valence-electron chi connectivity index (χ1n) is 5.38. The molecule has 6 nitrogen and oxygen atoms in total. The molecule has 18 heavy (non-hydrogen) atoms. The van der Waals surface area contributed by atoms with Gasteiger partial charge in [-0.05, 0) is 24.6 Å². The maximum Gasteiger partial charge on any atom is 0.329 e. The van der Waals surface area contributed by atoms with E-state index in [0.29, 0.717) is 0 Å². The minimum absolute atomic E-state index is 0.0843. The number of hydrogen-bond donors (Lipinski definition) is 3. The van der Waals surface area contributed by atoms with Crippen molar-refractivity contribution in [3.8, 4) is 5.75 Å². The molecule has 6 heteroatoms. The Morgan fingerprint density at radius 1 is 1.39 bits per heavy atom. The molecule has 0 spiro atoms. The molecule has 0 radical (unpaired) electrons. The Morgan fingerprint density at radius 3 is 2.72 bits per heavy atom. The number of amides is 1. The fraction of sp³-hybridized carbons (Fsp3) is 0.333. The molecular weight excluding hydrogens is 238 g/mol. The van der Waals surface area contributed by atoms with Crippen LogP contribution in [-0.4, -0.2) is 41.8 Å². The van der Waals surface area contributed by atoms with Gasteiger partial charge in [-0.3, -0.25) is 4.79 Å². The summed E-state index contributed by atoms with van der Waals surface area (Å²) >= 11 is 0. The highest BCUT2D eigenvalue weighted by atomic mass is 16.5. The Kier molecular flexibility index (Phi) is 5.13. The number of ether oxygens (including phenoxy) is 1. The van der Waals surface area contributed by atoms with Gasteiger partial charge in [-0.1, -0.05) is 6.07 Å². The van der Waals surface area contributed by atoms with E-state index in [0.717, 1.165) is 5.56 Å². The van der Waals surface area contributed by atoms with Crippen molar-refractivity contribution in [3.05, 3.63) is 29.3 Å². The van der Waals surface area contributed by atoms with Crippen molar-refractivity contribution in [2.24, 2.45) is 0 Å². The molecule has 1 aromatic rings. The van der Waals surface area contributed by atoms with Crippen molar-refractivity contribution in [2.45, 2.75) is 6.92 Å². The van der Waals surface area contributed by atoms with Crippen molar-refractivity contribution in [1.82, 2.24) is 5.32 Å². The Hall–Kier alpha value is -2.08. The molecule has 0 heterocycles. The van der Waals surface area contributed by atoms with E-state index < -0.39 is 18.5 Å². The van der Waals surface area contributed by atoms with Crippen LogP contribution in [0.25, 0.3) is 0 Å². The Labute approximate surface area is 104 Å². The van der Waals surface area contributed by atoms with E-state index in [2.05, 4.69) is 5.32 Å². The lowest BCUT2D eigenvalue weighted by Gasteiger charge is -2.07. The Balaban J connectivity index is 2.39. The number of rotatable bonds is 6. The third-order valence-electron chi connectivity index (χ3n) is 2.16. The number of aromatic hydroxyl groups is 1. The van der Waals surface area contributed by atoms with E-state index in [9.17, 15) is 14.7 Å². The third kappa shape index (κ3) is 4.42. The van der Waals surface area contributed by atoms with E-state index in [1.165, 1.54) is 12.1 Å². The number of phenols is 1. The highest BCUT2D eigenvalue weighted by molar-refractivity contribution is 5.96. The molecule has 0 aliphatic rings. The summed E-state index contributed by atoms with van der Waals surface area (Å²) in [5.74, 6) is -1.57. The number of carbonyl (C=O) groups is 2. The number of nitrogens with one attached hydrogen (secondary N) is 1. The molecule has 1 aromatic carbocycles. The first kappa shape index (κ1) is 14.0. The molecule has 0 aromatic heterocycles. The summed E-state index contributed by atoms with van der Waals surface area (Å²) in [4.78, 5) is 21.8. The molecular formula is C12H15NO5. The molecule has 1 amide bonds. The van der Waals surface area contributed by atoms with Gasteiger partial charge in [0.15, 0.2) is 0 Å². The summed E-state index contributed by atoms with van der Waals surface area (Å²) in [6.07, 6.45) is 0. The van der Waals surface area contributed by atoms with Crippen molar-refractivity contribution in [3.63, 3.8) is 0 Å². The monoisotopic (exact) mass is 253 g/mol. The van der Waals surface area contributed by atoms with Crippen LogP contribution in [0.1, 0.15) is 15.9 Å². The smallest absolute Gasteiger partial charge is 0.329 e. The van der Waals surface area contributed by atoms with Crippen LogP contribution in [0.3, 0.4) is 0 Å². The van der Waals surface area contributed by atoms with Crippen molar-refractivity contribution in [1.29, 1.82) is 0 Å². The summed E-state index contributed by atoms with van der Waals surface area (Å²) in [6, 6.07) is 4.74. The summed E-state index contributed by atoms with van der Waals surface area (Å²) in [5.41, 5.74) is 1.03. The van der Waals surface area contributed by atoms with Crippen LogP contribution < -0.4 is 5.32 Å². The van der Waals surface area contributed by atoms with Gasteiger partial charge in [0.1, 0.15) is 12.4 Å². The van der Waals surface area contributed by atoms with Crippen molar-refractivity contribution < 1.29 is 24.5 Å². The summed E-state index contributed by atoms with van der Waals surface area (Å²) in [6.45, 7) is 1.69. The first-order valence-corrected chi connectivity index (χ1v) is 5.38. The van der Waals surface area contributed by atoms with Crippen LogP contribution in [0.2, 0.25) is 0 Å². The van der Waals surface area contributed by atoms with Crippen molar-refractivity contribution >= 4 is 11.9 Å². The van der Waals surface area contributed by atoms with E-state index >= 15 is 0 Å². The summed E-state index contributed by atoms with van der Waals surface area (Å²) in [7, 11) is 0. The number of aryl methyl sites for hydroxylation is 1. The third-order valence-corrected chi connectivity index (χ3v) is 2.16. The fourth-order valence-corrected chi connectivity index (χ4v) is 1.33. The number of hydrogen-bond acceptors (Lipinski definition) is 4. The van der Waals surface area contributed by atoms with Gasteiger partial charge in [0.25, 0.3) is 5.91 Å². The van der Waals surface area contributed by atoms with Crippen LogP contribution in [-0.2, 0) is 9.53 Å². The predicted octanol–water partition coefficient (Wildman–Crippen LogP) is 0.532. The number of carboxylic acids is 1. The molecule has 0 saturated carbocycles. The van der Waals surface area contributed by atoms with Gasteiger partial charge >= 0.3 is 5.97 Å². The molecule has 0 bridgehead atoms. The second-order valence-electron chi connectivity index (χ2n) is 3.72. The van der Waals surface area contributed by atoms with E-state index in [-0.39, 0.29) is 24.5 Å². The predicted molar refractivity (Wildman–Crippen MR) is 63.6 cm³/mol. The van der Waals surface area contributed by atoms with E-state index in [1.54, 1.807) is 13.0 Å². The quantitative estimate of drug-likeness (QED) is 0.643. The number of carbonyl (C=O) groups excluding carboxylic acids is 1. The average molecular weight is 253 g/mol. The molecule has 1 rings (SSSR count). The maximum atomic E-state index is 11.6. The van der Waals surface area contributed by atoms with E-state index in [1.807, 2.05) is 0 Å². The van der Waals surface area contributed by atoms with Crippen molar-refractivity contribution in [2.75, 3.05) is 19.8 Å². The van der Waals surface area contributed by atoms with Gasteiger partial charge in [0.05, 0.1) is 12.2 Å². The minimum atomic E-state index is -1.06. The second-order valence-corrected chi connectivity index (χ2v) is 3.72. The maximum absolute atomic E-state index is 11.6. The van der Waals surface area contributed by atoms with Crippen LogP contribution in [0.15, 0.2) is 18.2 Å². The lowest BCUT2D eigenvalue weighted by Crippen LogP contribution is -2.28. The topological polar surface area (TPSA) is 95.9 Å². The minimum Gasteiger partial charge on any atom is -0.507 e. The number of phenolic OH excluding ortho intramolecular Hbond substituents is 1. The molecule has 0 atom stereocenters. The molecule has 0 saturated heterocycles. The van der Waals surface area contributed by atoms with Crippen LogP contribution >= 0.6 is 0 Å². The standard InChI is InChI=1S/C12H15NO5/c1-8-2-3-9(10(14)6-8)12(17)13-4-5-18-7-11(15)16/h2-3,6,14H,4-5,7H2,1H3,(H,13,17)(H,15,16). The SMILES string of the molecule is Cc1ccc(C(=O)NCCOCC(=O)O)c(O)c1. The zero-order valence-corrected chi connectivity index (χ0v) is 9.97. The average Bonchev–Trinajstić information content (AvgIpc) is 2.27. The highest BCUT2D eigenvalue weighted by Crippen LogP contribution is 2.17. The van der Waals surface area contributed by atoms with Gasteiger partial charge in [0, 0.05) is 6.54 Å². The zero-order valence-electron chi connectivity index (χ0n) is 9.97. The van der Waals surface area contributed by atoms with Crippen LogP contribution in [0, 0.1) is 6.92 Å². The molecule has 0 fully saturated rings. The molecule has 0 aliphatic heterocycles. The summed E-state index contributed by atoms with van der Waals surface area (Å²) < 4.78 is 4.75. The Bertz CT molecular complexity index is 444.